The van der Waals surface area contributed by atoms with Crippen LogP contribution in [0, 0.1) is 0 Å². The number of rotatable bonds is 7. The molecule has 0 aromatic rings. The molecule has 0 bridgehead atoms. The normalized spacial score (nSPS) is 9.91. The highest BCUT2D eigenvalue weighted by atomic mass is 16.5. The molecule has 11 heavy (non-hydrogen) atoms. The quantitative estimate of drug-likeness (QED) is 0.501. The first-order chi connectivity index (χ1) is 5.27. The smallest absolute Gasteiger partial charge is 0.217 e. The number of carbonyl (C=O) groups is 1. The molecule has 0 saturated heterocycles. The lowest BCUT2D eigenvalue weighted by Crippen LogP contribution is -2.10. The molecule has 0 unspecified atom stereocenters. The SMILES string of the molecule is NC(=O)CCCCOCCO. The minimum atomic E-state index is -0.271. The van der Waals surface area contributed by atoms with Gasteiger partial charge in [-0.3, -0.25) is 4.79 Å². The molecule has 0 aromatic heterocycles. The number of ether oxygens (including phenoxy) is 1. The molecule has 0 aliphatic rings. The maximum atomic E-state index is 10.2. The summed E-state index contributed by atoms with van der Waals surface area (Å²) in [5, 5.41) is 8.31. The summed E-state index contributed by atoms with van der Waals surface area (Å²) in [6.07, 6.45) is 2.01. The van der Waals surface area contributed by atoms with Crippen molar-refractivity contribution in [1.82, 2.24) is 0 Å². The molecule has 4 nitrogen and oxygen atoms in total. The summed E-state index contributed by atoms with van der Waals surface area (Å²) in [6.45, 7) is 1.01. The highest BCUT2D eigenvalue weighted by Gasteiger charge is 1.93. The first kappa shape index (κ1) is 10.4. The van der Waals surface area contributed by atoms with Gasteiger partial charge in [0.1, 0.15) is 0 Å². The summed E-state index contributed by atoms with van der Waals surface area (Å²) in [7, 11) is 0. The highest BCUT2D eigenvalue weighted by molar-refractivity contribution is 5.73. The van der Waals surface area contributed by atoms with Crippen LogP contribution in [-0.4, -0.2) is 30.8 Å². The minimum absolute atomic E-state index is 0.0514. The first-order valence-corrected chi connectivity index (χ1v) is 3.74. The zero-order valence-corrected chi connectivity index (χ0v) is 6.58. The summed E-state index contributed by atoms with van der Waals surface area (Å²) in [4.78, 5) is 10.2. The molecule has 0 radical (unpaired) electrons. The number of aliphatic hydroxyl groups is 1. The molecule has 0 saturated carbocycles. The van der Waals surface area contributed by atoms with Crippen LogP contribution >= 0.6 is 0 Å². The molecule has 0 atom stereocenters. The fourth-order valence-electron chi connectivity index (χ4n) is 0.670. The zero-order chi connectivity index (χ0) is 8.53. The van der Waals surface area contributed by atoms with Crippen LogP contribution < -0.4 is 5.73 Å². The van der Waals surface area contributed by atoms with E-state index in [1.165, 1.54) is 0 Å². The van der Waals surface area contributed by atoms with Gasteiger partial charge in [0.05, 0.1) is 13.2 Å². The van der Waals surface area contributed by atoms with Gasteiger partial charge in [0.25, 0.3) is 0 Å². The minimum Gasteiger partial charge on any atom is -0.394 e. The number of hydrogen-bond acceptors (Lipinski definition) is 3. The van der Waals surface area contributed by atoms with Gasteiger partial charge in [-0.25, -0.2) is 0 Å². The van der Waals surface area contributed by atoms with Crippen molar-refractivity contribution in [3.8, 4) is 0 Å². The summed E-state index contributed by atoms with van der Waals surface area (Å²) in [5.41, 5.74) is 4.91. The topological polar surface area (TPSA) is 72.6 Å². The van der Waals surface area contributed by atoms with Crippen LogP contribution in [0.3, 0.4) is 0 Å². The number of primary amides is 1. The van der Waals surface area contributed by atoms with Crippen molar-refractivity contribution in [3.05, 3.63) is 0 Å². The van der Waals surface area contributed by atoms with Crippen molar-refractivity contribution < 1.29 is 14.6 Å². The summed E-state index contributed by atoms with van der Waals surface area (Å²) in [6, 6.07) is 0. The molecule has 0 heterocycles. The summed E-state index contributed by atoms with van der Waals surface area (Å²) < 4.78 is 4.96. The van der Waals surface area contributed by atoms with Crippen molar-refractivity contribution >= 4 is 5.91 Å². The Morgan fingerprint density at radius 3 is 2.64 bits per heavy atom. The Morgan fingerprint density at radius 1 is 1.36 bits per heavy atom. The van der Waals surface area contributed by atoms with Crippen LogP contribution in [0.15, 0.2) is 0 Å². The molecule has 0 spiro atoms. The molecule has 0 aliphatic heterocycles. The number of unbranched alkanes of at least 4 members (excludes halogenated alkanes) is 1. The Hall–Kier alpha value is -0.610. The van der Waals surface area contributed by atoms with E-state index in [1.807, 2.05) is 0 Å². The van der Waals surface area contributed by atoms with E-state index in [2.05, 4.69) is 0 Å². The van der Waals surface area contributed by atoms with E-state index >= 15 is 0 Å². The van der Waals surface area contributed by atoms with Gasteiger partial charge < -0.3 is 15.6 Å². The highest BCUT2D eigenvalue weighted by Crippen LogP contribution is 1.94. The van der Waals surface area contributed by atoms with Gasteiger partial charge in [-0.15, -0.1) is 0 Å². The first-order valence-electron chi connectivity index (χ1n) is 3.74. The van der Waals surface area contributed by atoms with Gasteiger partial charge in [0.15, 0.2) is 0 Å². The van der Waals surface area contributed by atoms with Gasteiger partial charge in [-0.1, -0.05) is 0 Å². The van der Waals surface area contributed by atoms with E-state index in [0.717, 1.165) is 12.8 Å². The van der Waals surface area contributed by atoms with E-state index in [4.69, 9.17) is 15.6 Å². The Bertz CT molecular complexity index is 106. The van der Waals surface area contributed by atoms with Gasteiger partial charge in [0, 0.05) is 13.0 Å². The van der Waals surface area contributed by atoms with Gasteiger partial charge in [-0.2, -0.15) is 0 Å². The van der Waals surface area contributed by atoms with Gasteiger partial charge in [-0.05, 0) is 12.8 Å². The molecule has 66 valence electrons. The average molecular weight is 161 g/mol. The third kappa shape index (κ3) is 9.39. The van der Waals surface area contributed by atoms with Crippen LogP contribution in [0.2, 0.25) is 0 Å². The Morgan fingerprint density at radius 2 is 2.09 bits per heavy atom. The largest absolute Gasteiger partial charge is 0.394 e. The molecular formula is C7H15NO3. The van der Waals surface area contributed by atoms with E-state index in [1.54, 1.807) is 0 Å². The third-order valence-corrected chi connectivity index (χ3v) is 1.20. The molecule has 0 aliphatic carbocycles. The maximum Gasteiger partial charge on any atom is 0.217 e. The lowest BCUT2D eigenvalue weighted by molar-refractivity contribution is -0.118. The standard InChI is InChI=1S/C7H15NO3/c8-7(10)3-1-2-5-11-6-4-9/h9H,1-6H2,(H2,8,10). The second-order valence-corrected chi connectivity index (χ2v) is 2.26. The lowest BCUT2D eigenvalue weighted by atomic mass is 10.2. The molecular weight excluding hydrogens is 146 g/mol. The molecule has 4 heteroatoms. The molecule has 0 fully saturated rings. The predicted molar refractivity (Wildman–Crippen MR) is 41.0 cm³/mol. The fourth-order valence-corrected chi connectivity index (χ4v) is 0.670. The second-order valence-electron chi connectivity index (χ2n) is 2.26. The van der Waals surface area contributed by atoms with Crippen molar-refractivity contribution in [2.24, 2.45) is 5.73 Å². The predicted octanol–water partition coefficient (Wildman–Crippen LogP) is -0.349. The average Bonchev–Trinajstić information content (AvgIpc) is 1.96. The van der Waals surface area contributed by atoms with Crippen LogP contribution in [0.4, 0.5) is 0 Å². The monoisotopic (exact) mass is 161 g/mol. The van der Waals surface area contributed by atoms with E-state index in [0.29, 0.717) is 19.6 Å². The van der Waals surface area contributed by atoms with E-state index < -0.39 is 0 Å². The Balaban J connectivity index is 2.85. The fraction of sp³-hybridized carbons (Fsp3) is 0.857. The van der Waals surface area contributed by atoms with Crippen LogP contribution in [0.25, 0.3) is 0 Å². The molecule has 3 N–H and O–H groups in total. The summed E-state index contributed by atoms with van der Waals surface area (Å²) >= 11 is 0. The second kappa shape index (κ2) is 7.50. The van der Waals surface area contributed by atoms with Crippen LogP contribution in [0.1, 0.15) is 19.3 Å². The molecule has 0 rings (SSSR count). The molecule has 0 aromatic carbocycles. The van der Waals surface area contributed by atoms with Gasteiger partial charge >= 0.3 is 0 Å². The number of nitrogens with two attached hydrogens (primary N) is 1. The Labute approximate surface area is 66.3 Å². The number of hydrogen-bond donors (Lipinski definition) is 2. The van der Waals surface area contributed by atoms with Crippen molar-refractivity contribution in [3.63, 3.8) is 0 Å². The summed E-state index contributed by atoms with van der Waals surface area (Å²) in [5.74, 6) is -0.271. The maximum absolute atomic E-state index is 10.2. The number of aliphatic hydroxyl groups excluding tert-OH is 1. The van der Waals surface area contributed by atoms with Gasteiger partial charge in [0.2, 0.25) is 5.91 Å². The van der Waals surface area contributed by atoms with E-state index in [-0.39, 0.29) is 12.5 Å². The van der Waals surface area contributed by atoms with Crippen molar-refractivity contribution in [2.45, 2.75) is 19.3 Å². The third-order valence-electron chi connectivity index (χ3n) is 1.20. The van der Waals surface area contributed by atoms with Crippen molar-refractivity contribution in [1.29, 1.82) is 0 Å². The molecule has 1 amide bonds. The number of carbonyl (C=O) groups excluding carboxylic acids is 1. The van der Waals surface area contributed by atoms with Crippen molar-refractivity contribution in [2.75, 3.05) is 19.8 Å². The number of amides is 1. The van der Waals surface area contributed by atoms with E-state index in [9.17, 15) is 4.79 Å². The zero-order valence-electron chi connectivity index (χ0n) is 6.58. The van der Waals surface area contributed by atoms with Crippen LogP contribution in [0.5, 0.6) is 0 Å². The Kier molecular flexibility index (Phi) is 7.08. The van der Waals surface area contributed by atoms with Crippen LogP contribution in [-0.2, 0) is 9.53 Å². The lowest BCUT2D eigenvalue weighted by Gasteiger charge is -1.99.